The van der Waals surface area contributed by atoms with Crippen molar-refractivity contribution in [2.45, 2.75) is 33.4 Å². The summed E-state index contributed by atoms with van der Waals surface area (Å²) in [5, 5.41) is 3.19. The number of benzene rings is 2. The lowest BCUT2D eigenvalue weighted by Gasteiger charge is -2.28. The number of hydrogen-bond acceptors (Lipinski definition) is 3. The van der Waals surface area contributed by atoms with E-state index in [1.165, 1.54) is 0 Å². The normalized spacial score (nSPS) is 13.5. The van der Waals surface area contributed by atoms with E-state index < -0.39 is 0 Å². The first-order chi connectivity index (χ1) is 12.6. The monoisotopic (exact) mass is 354 g/mol. The highest BCUT2D eigenvalue weighted by molar-refractivity contribution is 5.74. The summed E-state index contributed by atoms with van der Waals surface area (Å²) >= 11 is 0. The molecular weight excluding hydrogens is 328 g/mol. The highest BCUT2D eigenvalue weighted by Gasteiger charge is 2.22. The molecule has 0 fully saturated rings. The number of nitrogens with one attached hydrogen (secondary N) is 1. The Morgan fingerprint density at radius 2 is 1.85 bits per heavy atom. The third-order valence-corrected chi connectivity index (χ3v) is 4.58. The number of carbonyl (C=O) groups excluding carboxylic acids is 1. The van der Waals surface area contributed by atoms with Gasteiger partial charge < -0.3 is 19.7 Å². The Bertz CT molecular complexity index is 746. The quantitative estimate of drug-likeness (QED) is 0.839. The molecule has 138 valence electrons. The van der Waals surface area contributed by atoms with Crippen molar-refractivity contribution in [1.29, 1.82) is 0 Å². The van der Waals surface area contributed by atoms with Crippen LogP contribution < -0.4 is 14.8 Å². The summed E-state index contributed by atoms with van der Waals surface area (Å²) in [7, 11) is 0. The molecule has 0 aromatic heterocycles. The van der Waals surface area contributed by atoms with Crippen LogP contribution in [0.25, 0.3) is 0 Å². The number of urea groups is 1. The van der Waals surface area contributed by atoms with Crippen molar-refractivity contribution in [2.75, 3.05) is 13.3 Å². The van der Waals surface area contributed by atoms with E-state index in [0.29, 0.717) is 19.0 Å². The van der Waals surface area contributed by atoms with Gasteiger partial charge in [-0.2, -0.15) is 0 Å². The lowest BCUT2D eigenvalue weighted by molar-refractivity contribution is 0.173. The average Bonchev–Trinajstić information content (AvgIpc) is 3.12. The van der Waals surface area contributed by atoms with E-state index in [1.54, 1.807) is 4.90 Å². The molecule has 0 bridgehead atoms. The molecule has 0 saturated carbocycles. The SMILES string of the molecule is CCN(Cc1ccc2c(c1)OCO2)C(=O)NC(c1ccccc1)C(C)C. The van der Waals surface area contributed by atoms with Gasteiger partial charge in [0.05, 0.1) is 6.04 Å². The van der Waals surface area contributed by atoms with E-state index in [2.05, 4.69) is 31.3 Å². The topological polar surface area (TPSA) is 50.8 Å². The average molecular weight is 354 g/mol. The number of fused-ring (bicyclic) bond motifs is 1. The Labute approximate surface area is 154 Å². The lowest BCUT2D eigenvalue weighted by atomic mass is 9.96. The zero-order valence-corrected chi connectivity index (χ0v) is 15.6. The van der Waals surface area contributed by atoms with Gasteiger partial charge in [-0.05, 0) is 36.1 Å². The van der Waals surface area contributed by atoms with Crippen LogP contribution in [0.15, 0.2) is 48.5 Å². The summed E-state index contributed by atoms with van der Waals surface area (Å²) in [6.45, 7) is 7.62. The summed E-state index contributed by atoms with van der Waals surface area (Å²) in [6.07, 6.45) is 0. The van der Waals surface area contributed by atoms with Crippen LogP contribution in [0.1, 0.15) is 37.9 Å². The van der Waals surface area contributed by atoms with Crippen molar-refractivity contribution in [2.24, 2.45) is 5.92 Å². The van der Waals surface area contributed by atoms with Crippen LogP contribution in [0.2, 0.25) is 0 Å². The lowest BCUT2D eigenvalue weighted by Crippen LogP contribution is -2.42. The predicted molar refractivity (Wildman–Crippen MR) is 101 cm³/mol. The maximum atomic E-state index is 12.9. The molecule has 5 heteroatoms. The molecule has 0 radical (unpaired) electrons. The molecule has 1 aliphatic rings. The standard InChI is InChI=1S/C21H26N2O3/c1-4-23(13-16-10-11-18-19(12-16)26-14-25-18)21(24)22-20(15(2)3)17-8-6-5-7-9-17/h5-12,15,20H,4,13-14H2,1-3H3,(H,22,24). The highest BCUT2D eigenvalue weighted by atomic mass is 16.7. The molecule has 1 aliphatic heterocycles. The fraction of sp³-hybridized carbons (Fsp3) is 0.381. The van der Waals surface area contributed by atoms with Gasteiger partial charge in [-0.3, -0.25) is 0 Å². The number of amides is 2. The summed E-state index contributed by atoms with van der Waals surface area (Å²) in [5.74, 6) is 1.79. The van der Waals surface area contributed by atoms with Gasteiger partial charge in [0, 0.05) is 13.1 Å². The number of rotatable bonds is 6. The molecule has 2 aromatic carbocycles. The van der Waals surface area contributed by atoms with Crippen LogP contribution in [0, 0.1) is 5.92 Å². The minimum absolute atomic E-state index is 0.0190. The van der Waals surface area contributed by atoms with Crippen LogP contribution in [-0.4, -0.2) is 24.3 Å². The third-order valence-electron chi connectivity index (χ3n) is 4.58. The Morgan fingerprint density at radius 1 is 1.12 bits per heavy atom. The second-order valence-electron chi connectivity index (χ2n) is 6.78. The molecule has 2 aromatic rings. The van der Waals surface area contributed by atoms with Gasteiger partial charge in [-0.25, -0.2) is 4.79 Å². The van der Waals surface area contributed by atoms with Gasteiger partial charge in [-0.1, -0.05) is 50.2 Å². The maximum absolute atomic E-state index is 12.9. The van der Waals surface area contributed by atoms with E-state index in [9.17, 15) is 4.79 Å². The molecule has 1 heterocycles. The zero-order valence-electron chi connectivity index (χ0n) is 15.6. The molecule has 1 atom stereocenters. The molecule has 5 nitrogen and oxygen atoms in total. The first-order valence-electron chi connectivity index (χ1n) is 9.07. The van der Waals surface area contributed by atoms with Crippen molar-refractivity contribution < 1.29 is 14.3 Å². The Morgan fingerprint density at radius 3 is 2.54 bits per heavy atom. The van der Waals surface area contributed by atoms with Crippen LogP contribution in [0.5, 0.6) is 11.5 Å². The van der Waals surface area contributed by atoms with Gasteiger partial charge in [0.15, 0.2) is 11.5 Å². The minimum Gasteiger partial charge on any atom is -0.454 e. The van der Waals surface area contributed by atoms with Crippen LogP contribution >= 0.6 is 0 Å². The van der Waals surface area contributed by atoms with Crippen molar-refractivity contribution >= 4 is 6.03 Å². The van der Waals surface area contributed by atoms with E-state index in [1.807, 2.05) is 43.3 Å². The van der Waals surface area contributed by atoms with Crippen molar-refractivity contribution in [3.05, 3.63) is 59.7 Å². The Hall–Kier alpha value is -2.69. The summed E-state index contributed by atoms with van der Waals surface area (Å²) in [6, 6.07) is 15.8. The Kier molecular flexibility index (Phi) is 5.66. The first-order valence-corrected chi connectivity index (χ1v) is 9.07. The number of carbonyl (C=O) groups is 1. The first kappa shape index (κ1) is 18.1. The van der Waals surface area contributed by atoms with E-state index in [0.717, 1.165) is 22.6 Å². The van der Waals surface area contributed by atoms with Crippen LogP contribution in [0.4, 0.5) is 4.79 Å². The maximum Gasteiger partial charge on any atom is 0.318 e. The van der Waals surface area contributed by atoms with Crippen LogP contribution in [-0.2, 0) is 6.54 Å². The van der Waals surface area contributed by atoms with Gasteiger partial charge in [-0.15, -0.1) is 0 Å². The zero-order chi connectivity index (χ0) is 18.5. The molecule has 0 aliphatic carbocycles. The molecule has 1 unspecified atom stereocenters. The second kappa shape index (κ2) is 8.13. The van der Waals surface area contributed by atoms with Crippen molar-refractivity contribution in [3.63, 3.8) is 0 Å². The Balaban J connectivity index is 1.70. The molecule has 0 saturated heterocycles. The van der Waals surface area contributed by atoms with Crippen molar-refractivity contribution in [1.82, 2.24) is 10.2 Å². The summed E-state index contributed by atoms with van der Waals surface area (Å²) in [4.78, 5) is 14.7. The highest BCUT2D eigenvalue weighted by Crippen LogP contribution is 2.32. The van der Waals surface area contributed by atoms with E-state index in [4.69, 9.17) is 9.47 Å². The van der Waals surface area contributed by atoms with Gasteiger partial charge in [0.25, 0.3) is 0 Å². The molecule has 0 spiro atoms. The van der Waals surface area contributed by atoms with E-state index >= 15 is 0 Å². The number of hydrogen-bond donors (Lipinski definition) is 1. The number of ether oxygens (including phenoxy) is 2. The van der Waals surface area contributed by atoms with Gasteiger partial charge >= 0.3 is 6.03 Å². The van der Waals surface area contributed by atoms with Crippen molar-refractivity contribution in [3.8, 4) is 11.5 Å². The molecule has 3 rings (SSSR count). The summed E-state index contributed by atoms with van der Waals surface area (Å²) < 4.78 is 10.8. The predicted octanol–water partition coefficient (Wildman–Crippen LogP) is 4.34. The molecule has 26 heavy (non-hydrogen) atoms. The smallest absolute Gasteiger partial charge is 0.318 e. The molecule has 2 amide bonds. The van der Waals surface area contributed by atoms with Gasteiger partial charge in [0.2, 0.25) is 6.79 Å². The second-order valence-corrected chi connectivity index (χ2v) is 6.78. The number of nitrogens with zero attached hydrogens (tertiary/aromatic N) is 1. The molecular formula is C21H26N2O3. The third kappa shape index (κ3) is 4.10. The largest absolute Gasteiger partial charge is 0.454 e. The van der Waals surface area contributed by atoms with Crippen LogP contribution in [0.3, 0.4) is 0 Å². The minimum atomic E-state index is -0.0623. The fourth-order valence-electron chi connectivity index (χ4n) is 3.11. The molecule has 1 N–H and O–H groups in total. The fourth-order valence-corrected chi connectivity index (χ4v) is 3.11. The van der Waals surface area contributed by atoms with E-state index in [-0.39, 0.29) is 18.9 Å². The summed E-state index contributed by atoms with van der Waals surface area (Å²) in [5.41, 5.74) is 2.14. The van der Waals surface area contributed by atoms with Gasteiger partial charge in [0.1, 0.15) is 0 Å².